The molecule has 5 nitrogen and oxygen atoms in total. The van der Waals surface area contributed by atoms with E-state index < -0.39 is 11.8 Å². The summed E-state index contributed by atoms with van der Waals surface area (Å²) in [5.74, 6) is -1.60. The number of nitrogens with zero attached hydrogens (tertiary/aromatic N) is 3. The molecule has 1 aromatic carbocycles. The maximum absolute atomic E-state index is 14.0. The van der Waals surface area contributed by atoms with Crippen molar-refractivity contribution in [3.05, 3.63) is 41.2 Å². The summed E-state index contributed by atoms with van der Waals surface area (Å²) >= 11 is 1.59. The topological polar surface area (TPSA) is 56.7 Å². The number of aromatic carboxylic acids is 1. The van der Waals surface area contributed by atoms with Crippen LogP contribution >= 0.6 is 11.3 Å². The molecule has 0 atom stereocenters. The monoisotopic (exact) mass is 307 g/mol. The number of benzene rings is 1. The molecule has 0 amide bonds. The van der Waals surface area contributed by atoms with Crippen molar-refractivity contribution in [3.63, 3.8) is 0 Å². The van der Waals surface area contributed by atoms with E-state index in [0.717, 1.165) is 24.3 Å². The zero-order valence-electron chi connectivity index (χ0n) is 11.2. The van der Waals surface area contributed by atoms with E-state index in [1.54, 1.807) is 17.5 Å². The van der Waals surface area contributed by atoms with E-state index in [1.165, 1.54) is 12.1 Å². The van der Waals surface area contributed by atoms with Gasteiger partial charge in [0.05, 0.1) is 11.3 Å². The lowest BCUT2D eigenvalue weighted by atomic mass is 10.1. The largest absolute Gasteiger partial charge is 0.478 e. The number of carboxylic acids is 1. The van der Waals surface area contributed by atoms with E-state index in [0.29, 0.717) is 18.8 Å². The van der Waals surface area contributed by atoms with Crippen LogP contribution in [0.4, 0.5) is 15.2 Å². The van der Waals surface area contributed by atoms with Crippen LogP contribution in [0.5, 0.6) is 0 Å². The summed E-state index contributed by atoms with van der Waals surface area (Å²) in [6, 6.07) is 4.05. The molecular formula is C14H14FN3O2S. The number of carbonyl (C=O) groups is 1. The highest BCUT2D eigenvalue weighted by atomic mass is 32.1. The molecule has 0 bridgehead atoms. The second-order valence-corrected chi connectivity index (χ2v) is 5.63. The van der Waals surface area contributed by atoms with Gasteiger partial charge in [-0.05, 0) is 18.2 Å². The fourth-order valence-electron chi connectivity index (χ4n) is 2.41. The van der Waals surface area contributed by atoms with E-state index in [1.807, 2.05) is 10.3 Å². The Morgan fingerprint density at radius 1 is 1.24 bits per heavy atom. The standard InChI is InChI=1S/C14H14FN3O2S/c15-11-9-10(13(19)20)1-2-12(11)17-4-6-18(7-5-17)14-16-3-8-21-14/h1-3,8-9H,4-7H2,(H,19,20). The SMILES string of the molecule is O=C(O)c1ccc(N2CCN(c3nccs3)CC2)c(F)c1. The lowest BCUT2D eigenvalue weighted by Crippen LogP contribution is -2.46. The summed E-state index contributed by atoms with van der Waals surface area (Å²) in [5.41, 5.74) is 0.427. The van der Waals surface area contributed by atoms with E-state index in [9.17, 15) is 9.18 Å². The van der Waals surface area contributed by atoms with Gasteiger partial charge in [-0.3, -0.25) is 0 Å². The van der Waals surface area contributed by atoms with Gasteiger partial charge >= 0.3 is 5.97 Å². The Morgan fingerprint density at radius 3 is 2.52 bits per heavy atom. The maximum Gasteiger partial charge on any atom is 0.335 e. The minimum atomic E-state index is -1.12. The summed E-state index contributed by atoms with van der Waals surface area (Å²) in [5, 5.41) is 11.8. The Bertz CT molecular complexity index is 640. The van der Waals surface area contributed by atoms with Crippen LogP contribution < -0.4 is 9.80 Å². The molecule has 0 spiro atoms. The lowest BCUT2D eigenvalue weighted by molar-refractivity contribution is 0.0696. The third-order valence-corrected chi connectivity index (χ3v) is 4.34. The van der Waals surface area contributed by atoms with Crippen molar-refractivity contribution in [2.24, 2.45) is 0 Å². The first-order valence-corrected chi connectivity index (χ1v) is 7.45. The predicted octanol–water partition coefficient (Wildman–Crippen LogP) is 2.31. The van der Waals surface area contributed by atoms with Crippen LogP contribution in [-0.4, -0.2) is 42.2 Å². The van der Waals surface area contributed by atoms with Gasteiger partial charge in [0.2, 0.25) is 0 Å². The summed E-state index contributed by atoms with van der Waals surface area (Å²) in [4.78, 5) is 19.2. The number of thiazole rings is 1. The molecule has 1 saturated heterocycles. The first-order valence-electron chi connectivity index (χ1n) is 6.57. The maximum atomic E-state index is 14.0. The number of piperazine rings is 1. The number of aromatic nitrogens is 1. The number of carboxylic acid groups (broad SMARTS) is 1. The fourth-order valence-corrected chi connectivity index (χ4v) is 3.10. The first-order chi connectivity index (χ1) is 10.1. The van der Waals surface area contributed by atoms with Crippen molar-refractivity contribution >= 4 is 28.1 Å². The number of halogens is 1. The molecule has 7 heteroatoms. The molecular weight excluding hydrogens is 293 g/mol. The van der Waals surface area contributed by atoms with Gasteiger partial charge in [0.25, 0.3) is 0 Å². The van der Waals surface area contributed by atoms with Gasteiger partial charge in [-0.2, -0.15) is 0 Å². The lowest BCUT2D eigenvalue weighted by Gasteiger charge is -2.36. The van der Waals surface area contributed by atoms with Crippen LogP contribution in [0.15, 0.2) is 29.8 Å². The quantitative estimate of drug-likeness (QED) is 0.943. The summed E-state index contributed by atoms with van der Waals surface area (Å²) in [6.45, 7) is 2.91. The van der Waals surface area contributed by atoms with Crippen molar-refractivity contribution in [2.45, 2.75) is 0 Å². The van der Waals surface area contributed by atoms with E-state index in [2.05, 4.69) is 9.88 Å². The van der Waals surface area contributed by atoms with Gasteiger partial charge in [-0.1, -0.05) is 0 Å². The second kappa shape index (κ2) is 5.69. The molecule has 0 radical (unpaired) electrons. The van der Waals surface area contributed by atoms with Crippen molar-refractivity contribution in [2.75, 3.05) is 36.0 Å². The van der Waals surface area contributed by atoms with Crippen LogP contribution in [0.3, 0.4) is 0 Å². The summed E-state index contributed by atoms with van der Waals surface area (Å²) < 4.78 is 14.0. The molecule has 1 aliphatic rings. The van der Waals surface area contributed by atoms with Crippen molar-refractivity contribution in [1.29, 1.82) is 0 Å². The molecule has 110 valence electrons. The number of rotatable bonds is 3. The Labute approximate surface area is 125 Å². The highest BCUT2D eigenvalue weighted by Gasteiger charge is 2.21. The van der Waals surface area contributed by atoms with E-state index in [-0.39, 0.29) is 5.56 Å². The molecule has 1 N–H and O–H groups in total. The Balaban J connectivity index is 1.71. The normalized spacial score (nSPS) is 15.3. The van der Waals surface area contributed by atoms with Gasteiger partial charge in [0.1, 0.15) is 5.82 Å². The zero-order chi connectivity index (χ0) is 14.8. The van der Waals surface area contributed by atoms with Gasteiger partial charge < -0.3 is 14.9 Å². The summed E-state index contributed by atoms with van der Waals surface area (Å²) in [7, 11) is 0. The third-order valence-electron chi connectivity index (χ3n) is 3.50. The number of anilines is 2. The molecule has 2 aromatic rings. The van der Waals surface area contributed by atoms with Gasteiger partial charge in [0, 0.05) is 37.8 Å². The molecule has 1 aliphatic heterocycles. The molecule has 1 fully saturated rings. The Kier molecular flexibility index (Phi) is 3.74. The average Bonchev–Trinajstić information content (AvgIpc) is 3.01. The van der Waals surface area contributed by atoms with Gasteiger partial charge in [-0.25, -0.2) is 14.2 Å². The first kappa shape index (κ1) is 13.8. The molecule has 2 heterocycles. The molecule has 0 saturated carbocycles. The zero-order valence-corrected chi connectivity index (χ0v) is 12.0. The van der Waals surface area contributed by atoms with Gasteiger partial charge in [0.15, 0.2) is 5.13 Å². The van der Waals surface area contributed by atoms with Crippen LogP contribution in [-0.2, 0) is 0 Å². The smallest absolute Gasteiger partial charge is 0.335 e. The Morgan fingerprint density at radius 2 is 1.95 bits per heavy atom. The Hall–Kier alpha value is -2.15. The van der Waals surface area contributed by atoms with Crippen LogP contribution in [0.25, 0.3) is 0 Å². The summed E-state index contributed by atoms with van der Waals surface area (Å²) in [6.07, 6.45) is 1.77. The predicted molar refractivity (Wildman–Crippen MR) is 79.9 cm³/mol. The third kappa shape index (κ3) is 2.82. The average molecular weight is 307 g/mol. The van der Waals surface area contributed by atoms with Crippen LogP contribution in [0.2, 0.25) is 0 Å². The van der Waals surface area contributed by atoms with Crippen molar-refractivity contribution < 1.29 is 14.3 Å². The molecule has 0 aliphatic carbocycles. The highest BCUT2D eigenvalue weighted by Crippen LogP contribution is 2.24. The van der Waals surface area contributed by atoms with Crippen molar-refractivity contribution in [1.82, 2.24) is 4.98 Å². The highest BCUT2D eigenvalue weighted by molar-refractivity contribution is 7.13. The second-order valence-electron chi connectivity index (χ2n) is 4.76. The van der Waals surface area contributed by atoms with Crippen molar-refractivity contribution in [3.8, 4) is 0 Å². The van der Waals surface area contributed by atoms with E-state index in [4.69, 9.17) is 5.11 Å². The van der Waals surface area contributed by atoms with Gasteiger partial charge in [-0.15, -0.1) is 11.3 Å². The molecule has 21 heavy (non-hydrogen) atoms. The molecule has 3 rings (SSSR count). The number of hydrogen-bond donors (Lipinski definition) is 1. The minimum Gasteiger partial charge on any atom is -0.478 e. The fraction of sp³-hybridized carbons (Fsp3) is 0.286. The molecule has 0 unspecified atom stereocenters. The minimum absolute atomic E-state index is 0.0299. The van der Waals surface area contributed by atoms with E-state index >= 15 is 0 Å². The number of hydrogen-bond acceptors (Lipinski definition) is 5. The molecule has 1 aromatic heterocycles. The van der Waals surface area contributed by atoms with Crippen LogP contribution in [0.1, 0.15) is 10.4 Å². The van der Waals surface area contributed by atoms with Crippen LogP contribution in [0, 0.1) is 5.82 Å².